The summed E-state index contributed by atoms with van der Waals surface area (Å²) in [6, 6.07) is 5.52. The maximum atomic E-state index is 12.7. The van der Waals surface area contributed by atoms with E-state index in [1.165, 1.54) is 11.7 Å². The van der Waals surface area contributed by atoms with Gasteiger partial charge in [0.15, 0.2) is 0 Å². The van der Waals surface area contributed by atoms with Gasteiger partial charge in [-0.25, -0.2) is 0 Å². The average Bonchev–Trinajstić information content (AvgIpc) is 2.82. The van der Waals surface area contributed by atoms with Crippen LogP contribution in [0.25, 0.3) is 5.69 Å². The van der Waals surface area contributed by atoms with Gasteiger partial charge in [0.2, 0.25) is 5.95 Å². The molecule has 0 fully saturated rings. The molecule has 1 aromatic heterocycles. The van der Waals surface area contributed by atoms with Crippen LogP contribution < -0.4 is 5.32 Å². The molecule has 0 aliphatic rings. The molecular formula is C13H15F3N4. The lowest BCUT2D eigenvalue weighted by Gasteiger charge is -2.10. The minimum atomic E-state index is -4.56. The van der Waals surface area contributed by atoms with Gasteiger partial charge in [-0.05, 0) is 25.0 Å². The lowest BCUT2D eigenvalue weighted by Crippen LogP contribution is -2.09. The first kappa shape index (κ1) is 14.4. The zero-order chi connectivity index (χ0) is 14.9. The minimum Gasteiger partial charge on any atom is -0.357 e. The molecule has 0 aliphatic heterocycles. The summed E-state index contributed by atoms with van der Waals surface area (Å²) in [7, 11) is 1.51. The number of nitrogens with one attached hydrogen (secondary N) is 1. The highest BCUT2D eigenvalue weighted by atomic mass is 19.4. The van der Waals surface area contributed by atoms with E-state index in [0.29, 0.717) is 12.1 Å². The second-order valence-corrected chi connectivity index (χ2v) is 4.40. The van der Waals surface area contributed by atoms with Crippen molar-refractivity contribution in [1.29, 1.82) is 0 Å². The van der Waals surface area contributed by atoms with Crippen molar-refractivity contribution in [2.24, 2.45) is 0 Å². The molecule has 7 heteroatoms. The fraction of sp³-hybridized carbons (Fsp3) is 0.385. The number of halogens is 3. The number of rotatable bonds is 3. The predicted molar refractivity (Wildman–Crippen MR) is 70.0 cm³/mol. The fourth-order valence-electron chi connectivity index (χ4n) is 1.97. The largest absolute Gasteiger partial charge is 0.453 e. The summed E-state index contributed by atoms with van der Waals surface area (Å²) in [6.07, 6.45) is -3.87. The molecule has 0 saturated carbocycles. The second-order valence-electron chi connectivity index (χ2n) is 4.40. The van der Waals surface area contributed by atoms with E-state index in [0.717, 1.165) is 11.1 Å². The Kier molecular flexibility index (Phi) is 3.69. The van der Waals surface area contributed by atoms with Crippen molar-refractivity contribution in [2.75, 3.05) is 12.4 Å². The summed E-state index contributed by atoms with van der Waals surface area (Å²) in [6.45, 7) is 3.88. The van der Waals surface area contributed by atoms with Crippen LogP contribution in [0.2, 0.25) is 0 Å². The molecule has 108 valence electrons. The number of hydrogen-bond donors (Lipinski definition) is 1. The number of anilines is 1. The van der Waals surface area contributed by atoms with E-state index in [1.54, 1.807) is 6.07 Å². The van der Waals surface area contributed by atoms with Gasteiger partial charge in [-0.15, -0.1) is 5.10 Å². The van der Waals surface area contributed by atoms with Crippen LogP contribution in [-0.4, -0.2) is 21.8 Å². The molecule has 0 unspecified atom stereocenters. The van der Waals surface area contributed by atoms with Gasteiger partial charge >= 0.3 is 6.18 Å². The first-order valence-electron chi connectivity index (χ1n) is 6.18. The molecule has 0 atom stereocenters. The van der Waals surface area contributed by atoms with E-state index in [9.17, 15) is 13.2 Å². The van der Waals surface area contributed by atoms with Gasteiger partial charge in [0, 0.05) is 7.05 Å². The summed E-state index contributed by atoms with van der Waals surface area (Å²) in [5.41, 5.74) is 2.57. The van der Waals surface area contributed by atoms with Gasteiger partial charge in [-0.2, -0.15) is 22.8 Å². The Morgan fingerprint density at radius 3 is 2.55 bits per heavy atom. The van der Waals surface area contributed by atoms with Gasteiger partial charge in [0.05, 0.1) is 5.69 Å². The third kappa shape index (κ3) is 2.61. The zero-order valence-corrected chi connectivity index (χ0v) is 11.4. The number of aromatic nitrogens is 3. The molecule has 0 saturated heterocycles. The third-order valence-corrected chi connectivity index (χ3v) is 2.93. The molecule has 1 aromatic carbocycles. The van der Waals surface area contributed by atoms with Crippen molar-refractivity contribution in [2.45, 2.75) is 26.4 Å². The first-order valence-corrected chi connectivity index (χ1v) is 6.18. The van der Waals surface area contributed by atoms with Crippen LogP contribution in [0.15, 0.2) is 18.2 Å². The molecule has 0 spiro atoms. The number of hydrogen-bond acceptors (Lipinski definition) is 3. The molecule has 0 bridgehead atoms. The molecule has 1 N–H and O–H groups in total. The Balaban J connectivity index is 2.60. The standard InChI is InChI=1S/C13H15F3N4/c1-4-9-7-8(2)5-6-10(9)20-12(17-3)18-11(19-20)13(14,15)16/h5-7H,4H2,1-3H3,(H,17,18,19). The quantitative estimate of drug-likeness (QED) is 0.941. The Hall–Kier alpha value is -2.05. The van der Waals surface area contributed by atoms with E-state index >= 15 is 0 Å². The Bertz CT molecular complexity index is 617. The van der Waals surface area contributed by atoms with Crippen molar-refractivity contribution in [1.82, 2.24) is 14.8 Å². The van der Waals surface area contributed by atoms with Crippen molar-refractivity contribution in [3.05, 3.63) is 35.2 Å². The summed E-state index contributed by atoms with van der Waals surface area (Å²) in [5.74, 6) is -1.08. The molecule has 0 radical (unpaired) electrons. The van der Waals surface area contributed by atoms with Crippen LogP contribution in [0.4, 0.5) is 19.1 Å². The summed E-state index contributed by atoms with van der Waals surface area (Å²) in [4.78, 5) is 3.49. The Morgan fingerprint density at radius 2 is 2.00 bits per heavy atom. The second kappa shape index (κ2) is 5.15. The van der Waals surface area contributed by atoms with Crippen LogP contribution in [0.1, 0.15) is 23.9 Å². The molecule has 2 aromatic rings. The maximum absolute atomic E-state index is 12.7. The Morgan fingerprint density at radius 1 is 1.30 bits per heavy atom. The van der Waals surface area contributed by atoms with E-state index in [2.05, 4.69) is 15.4 Å². The number of nitrogens with zero attached hydrogens (tertiary/aromatic N) is 3. The monoisotopic (exact) mass is 284 g/mol. The van der Waals surface area contributed by atoms with Crippen LogP contribution in [-0.2, 0) is 12.6 Å². The highest BCUT2D eigenvalue weighted by molar-refractivity contribution is 5.47. The molecular weight excluding hydrogens is 269 g/mol. The highest BCUT2D eigenvalue weighted by Gasteiger charge is 2.37. The summed E-state index contributed by atoms with van der Waals surface area (Å²) in [5, 5.41) is 6.22. The minimum absolute atomic E-state index is 0.0656. The summed E-state index contributed by atoms with van der Waals surface area (Å²) >= 11 is 0. The van der Waals surface area contributed by atoms with Crippen LogP contribution in [0.5, 0.6) is 0 Å². The number of benzene rings is 1. The zero-order valence-electron chi connectivity index (χ0n) is 11.4. The third-order valence-electron chi connectivity index (χ3n) is 2.93. The highest BCUT2D eigenvalue weighted by Crippen LogP contribution is 2.29. The lowest BCUT2D eigenvalue weighted by molar-refractivity contribution is -0.144. The number of aryl methyl sites for hydroxylation is 2. The Labute approximate surface area is 114 Å². The molecule has 0 amide bonds. The van der Waals surface area contributed by atoms with E-state index < -0.39 is 12.0 Å². The molecule has 4 nitrogen and oxygen atoms in total. The van der Waals surface area contributed by atoms with Gasteiger partial charge in [0.25, 0.3) is 5.82 Å². The van der Waals surface area contributed by atoms with E-state index in [4.69, 9.17) is 0 Å². The van der Waals surface area contributed by atoms with Crippen LogP contribution in [0.3, 0.4) is 0 Å². The van der Waals surface area contributed by atoms with Gasteiger partial charge in [-0.3, -0.25) is 0 Å². The number of alkyl halides is 3. The van der Waals surface area contributed by atoms with Crippen molar-refractivity contribution in [3.8, 4) is 5.69 Å². The molecule has 2 rings (SSSR count). The first-order chi connectivity index (χ1) is 9.36. The topological polar surface area (TPSA) is 42.7 Å². The fourth-order valence-corrected chi connectivity index (χ4v) is 1.97. The molecule has 20 heavy (non-hydrogen) atoms. The van der Waals surface area contributed by atoms with E-state index in [1.807, 2.05) is 26.0 Å². The smallest absolute Gasteiger partial charge is 0.357 e. The summed E-state index contributed by atoms with van der Waals surface area (Å²) < 4.78 is 39.3. The van der Waals surface area contributed by atoms with Crippen LogP contribution >= 0.6 is 0 Å². The van der Waals surface area contributed by atoms with Gasteiger partial charge in [-0.1, -0.05) is 24.6 Å². The van der Waals surface area contributed by atoms with Crippen molar-refractivity contribution < 1.29 is 13.2 Å². The average molecular weight is 284 g/mol. The van der Waals surface area contributed by atoms with Gasteiger partial charge < -0.3 is 5.32 Å². The maximum Gasteiger partial charge on any atom is 0.453 e. The molecule has 1 heterocycles. The van der Waals surface area contributed by atoms with E-state index in [-0.39, 0.29) is 5.95 Å². The SMILES string of the molecule is CCc1cc(C)ccc1-n1nc(C(F)(F)F)nc1NC. The van der Waals surface area contributed by atoms with Crippen LogP contribution in [0, 0.1) is 6.92 Å². The van der Waals surface area contributed by atoms with Gasteiger partial charge in [0.1, 0.15) is 0 Å². The molecule has 0 aliphatic carbocycles. The normalized spacial score (nSPS) is 11.7. The van der Waals surface area contributed by atoms with Crippen molar-refractivity contribution >= 4 is 5.95 Å². The van der Waals surface area contributed by atoms with Crippen molar-refractivity contribution in [3.63, 3.8) is 0 Å². The lowest BCUT2D eigenvalue weighted by atomic mass is 10.1. The predicted octanol–water partition coefficient (Wildman–Crippen LogP) is 3.20.